The summed E-state index contributed by atoms with van der Waals surface area (Å²) in [5.74, 6) is 0.984. The number of aromatic nitrogens is 3. The SMILES string of the molecule is Nc1ccc(-c2nnc3n2CCOC3)cc1F. The fourth-order valence-corrected chi connectivity index (χ4v) is 1.88. The van der Waals surface area contributed by atoms with E-state index in [2.05, 4.69) is 10.2 Å². The van der Waals surface area contributed by atoms with Gasteiger partial charge >= 0.3 is 0 Å². The maximum atomic E-state index is 13.4. The molecule has 0 fully saturated rings. The first-order valence-electron chi connectivity index (χ1n) is 5.31. The fourth-order valence-electron chi connectivity index (χ4n) is 1.88. The van der Waals surface area contributed by atoms with Crippen LogP contribution >= 0.6 is 0 Å². The Hall–Kier alpha value is -1.95. The summed E-state index contributed by atoms with van der Waals surface area (Å²) in [4.78, 5) is 0. The molecule has 1 aromatic carbocycles. The second-order valence-corrected chi connectivity index (χ2v) is 3.88. The van der Waals surface area contributed by atoms with Crippen LogP contribution in [0.1, 0.15) is 5.82 Å². The Bertz CT molecular complexity index is 567. The van der Waals surface area contributed by atoms with Crippen molar-refractivity contribution in [2.45, 2.75) is 13.2 Å². The summed E-state index contributed by atoms with van der Waals surface area (Å²) in [6.07, 6.45) is 0. The average Bonchev–Trinajstić information content (AvgIpc) is 2.76. The van der Waals surface area contributed by atoms with Gasteiger partial charge in [-0.1, -0.05) is 0 Å². The molecule has 3 rings (SSSR count). The van der Waals surface area contributed by atoms with E-state index in [0.717, 1.165) is 5.82 Å². The number of benzene rings is 1. The smallest absolute Gasteiger partial charge is 0.164 e. The van der Waals surface area contributed by atoms with E-state index in [1.165, 1.54) is 12.1 Å². The van der Waals surface area contributed by atoms with Gasteiger partial charge < -0.3 is 15.0 Å². The molecule has 0 spiro atoms. The van der Waals surface area contributed by atoms with Gasteiger partial charge in [0.25, 0.3) is 0 Å². The molecular formula is C11H11FN4O. The minimum Gasteiger partial charge on any atom is -0.396 e. The van der Waals surface area contributed by atoms with E-state index in [4.69, 9.17) is 10.5 Å². The summed E-state index contributed by atoms with van der Waals surface area (Å²) in [6.45, 7) is 1.75. The fraction of sp³-hybridized carbons (Fsp3) is 0.273. The van der Waals surface area contributed by atoms with E-state index in [9.17, 15) is 4.39 Å². The van der Waals surface area contributed by atoms with Crippen LogP contribution in [0.3, 0.4) is 0 Å². The van der Waals surface area contributed by atoms with Crippen LogP contribution in [0.5, 0.6) is 0 Å². The molecule has 17 heavy (non-hydrogen) atoms. The third kappa shape index (κ3) is 1.66. The van der Waals surface area contributed by atoms with Crippen molar-refractivity contribution in [3.63, 3.8) is 0 Å². The Morgan fingerprint density at radius 1 is 1.35 bits per heavy atom. The molecule has 0 atom stereocenters. The van der Waals surface area contributed by atoms with Crippen molar-refractivity contribution in [1.82, 2.24) is 14.8 Å². The lowest BCUT2D eigenvalue weighted by atomic mass is 10.2. The number of anilines is 1. The molecule has 6 heteroatoms. The third-order valence-corrected chi connectivity index (χ3v) is 2.78. The molecule has 1 aromatic heterocycles. The van der Waals surface area contributed by atoms with Crippen molar-refractivity contribution in [3.05, 3.63) is 29.8 Å². The summed E-state index contributed by atoms with van der Waals surface area (Å²) in [6, 6.07) is 4.65. The Balaban J connectivity index is 2.09. The Morgan fingerprint density at radius 3 is 3.06 bits per heavy atom. The van der Waals surface area contributed by atoms with Crippen molar-refractivity contribution in [2.75, 3.05) is 12.3 Å². The molecule has 2 heterocycles. The number of nitrogen functional groups attached to an aromatic ring is 1. The van der Waals surface area contributed by atoms with Gasteiger partial charge in [-0.25, -0.2) is 4.39 Å². The van der Waals surface area contributed by atoms with Crippen LogP contribution in [-0.2, 0) is 17.9 Å². The Labute approximate surface area is 97.0 Å². The molecule has 0 bridgehead atoms. The largest absolute Gasteiger partial charge is 0.396 e. The van der Waals surface area contributed by atoms with Crippen molar-refractivity contribution in [2.24, 2.45) is 0 Å². The van der Waals surface area contributed by atoms with Gasteiger partial charge in [0.2, 0.25) is 0 Å². The third-order valence-electron chi connectivity index (χ3n) is 2.78. The van der Waals surface area contributed by atoms with E-state index in [1.54, 1.807) is 6.07 Å². The second kappa shape index (κ2) is 3.81. The highest BCUT2D eigenvalue weighted by Crippen LogP contribution is 2.23. The molecule has 2 aromatic rings. The van der Waals surface area contributed by atoms with Gasteiger partial charge in [-0.3, -0.25) is 0 Å². The van der Waals surface area contributed by atoms with Gasteiger partial charge in [0, 0.05) is 12.1 Å². The highest BCUT2D eigenvalue weighted by molar-refractivity contribution is 5.59. The van der Waals surface area contributed by atoms with E-state index >= 15 is 0 Å². The molecule has 0 aliphatic carbocycles. The number of ether oxygens (including phenoxy) is 1. The van der Waals surface area contributed by atoms with Crippen molar-refractivity contribution in [3.8, 4) is 11.4 Å². The molecule has 0 saturated carbocycles. The van der Waals surface area contributed by atoms with Gasteiger partial charge in [-0.15, -0.1) is 10.2 Å². The molecular weight excluding hydrogens is 223 g/mol. The van der Waals surface area contributed by atoms with Gasteiger partial charge in [0.1, 0.15) is 12.4 Å². The highest BCUT2D eigenvalue weighted by Gasteiger charge is 2.17. The molecule has 88 valence electrons. The lowest BCUT2D eigenvalue weighted by molar-refractivity contribution is 0.0821. The topological polar surface area (TPSA) is 66.0 Å². The number of nitrogens with zero attached hydrogens (tertiary/aromatic N) is 3. The van der Waals surface area contributed by atoms with Crippen molar-refractivity contribution >= 4 is 5.69 Å². The zero-order valence-corrected chi connectivity index (χ0v) is 9.06. The van der Waals surface area contributed by atoms with E-state index in [0.29, 0.717) is 31.1 Å². The average molecular weight is 234 g/mol. The number of hydrogen-bond acceptors (Lipinski definition) is 4. The van der Waals surface area contributed by atoms with E-state index in [1.807, 2.05) is 4.57 Å². The van der Waals surface area contributed by atoms with Gasteiger partial charge in [-0.2, -0.15) is 0 Å². The monoisotopic (exact) mass is 234 g/mol. The quantitative estimate of drug-likeness (QED) is 0.753. The maximum absolute atomic E-state index is 13.4. The molecule has 0 saturated heterocycles. The number of halogens is 1. The van der Waals surface area contributed by atoms with Crippen LogP contribution in [0.15, 0.2) is 18.2 Å². The minimum atomic E-state index is -0.438. The predicted molar refractivity (Wildman–Crippen MR) is 59.5 cm³/mol. The minimum absolute atomic E-state index is 0.135. The summed E-state index contributed by atoms with van der Waals surface area (Å²) in [7, 11) is 0. The summed E-state index contributed by atoms with van der Waals surface area (Å²) in [5.41, 5.74) is 6.25. The van der Waals surface area contributed by atoms with Gasteiger partial charge in [0.15, 0.2) is 11.6 Å². The highest BCUT2D eigenvalue weighted by atomic mass is 19.1. The van der Waals surface area contributed by atoms with Crippen LogP contribution in [0.25, 0.3) is 11.4 Å². The molecule has 0 radical (unpaired) electrons. The summed E-state index contributed by atoms with van der Waals surface area (Å²) < 4.78 is 20.6. The van der Waals surface area contributed by atoms with Crippen LogP contribution in [0, 0.1) is 5.82 Å². The molecule has 1 aliphatic heterocycles. The van der Waals surface area contributed by atoms with E-state index < -0.39 is 5.82 Å². The van der Waals surface area contributed by atoms with Crippen LogP contribution in [0.4, 0.5) is 10.1 Å². The Morgan fingerprint density at radius 2 is 2.24 bits per heavy atom. The number of hydrogen-bond donors (Lipinski definition) is 1. The maximum Gasteiger partial charge on any atom is 0.164 e. The van der Waals surface area contributed by atoms with Gasteiger partial charge in [-0.05, 0) is 18.2 Å². The Kier molecular flexibility index (Phi) is 2.29. The molecule has 0 unspecified atom stereocenters. The molecule has 1 aliphatic rings. The van der Waals surface area contributed by atoms with Crippen molar-refractivity contribution in [1.29, 1.82) is 0 Å². The van der Waals surface area contributed by atoms with Crippen LogP contribution < -0.4 is 5.73 Å². The number of nitrogens with two attached hydrogens (primary N) is 1. The zero-order chi connectivity index (χ0) is 11.8. The van der Waals surface area contributed by atoms with E-state index in [-0.39, 0.29) is 5.69 Å². The first kappa shape index (κ1) is 10.2. The first-order chi connectivity index (χ1) is 8.25. The first-order valence-corrected chi connectivity index (χ1v) is 5.31. The van der Waals surface area contributed by atoms with Crippen LogP contribution in [0.2, 0.25) is 0 Å². The lowest BCUT2D eigenvalue weighted by Crippen LogP contribution is -2.17. The van der Waals surface area contributed by atoms with Crippen molar-refractivity contribution < 1.29 is 9.13 Å². The number of fused-ring (bicyclic) bond motifs is 1. The van der Waals surface area contributed by atoms with Crippen LogP contribution in [-0.4, -0.2) is 21.4 Å². The number of rotatable bonds is 1. The second-order valence-electron chi connectivity index (χ2n) is 3.88. The predicted octanol–water partition coefficient (Wildman–Crippen LogP) is 1.20. The normalized spacial score (nSPS) is 14.6. The lowest BCUT2D eigenvalue weighted by Gasteiger charge is -2.15. The molecule has 5 nitrogen and oxygen atoms in total. The summed E-state index contributed by atoms with van der Waals surface area (Å²) in [5, 5.41) is 8.08. The molecule has 0 amide bonds. The zero-order valence-electron chi connectivity index (χ0n) is 9.06. The molecule has 2 N–H and O–H groups in total. The summed E-state index contributed by atoms with van der Waals surface area (Å²) >= 11 is 0. The van der Waals surface area contributed by atoms with Gasteiger partial charge in [0.05, 0.1) is 12.3 Å². The standard InChI is InChI=1S/C11H11FN4O/c12-8-5-7(1-2-9(8)13)11-15-14-10-6-17-4-3-16(10)11/h1-2,5H,3-4,6,13H2.